The molecular weight excluding hydrogens is 226 g/mol. The number of carbonyl (C=O) groups is 1. The van der Waals surface area contributed by atoms with Gasteiger partial charge in [-0.15, -0.1) is 0 Å². The molecule has 3 nitrogen and oxygen atoms in total. The SMILES string of the molecule is CCc1ccc2nc(C(=O)O)cc(Cl)c2c1. The van der Waals surface area contributed by atoms with Crippen molar-refractivity contribution in [3.63, 3.8) is 0 Å². The first-order valence-electron chi connectivity index (χ1n) is 4.94. The van der Waals surface area contributed by atoms with Gasteiger partial charge in [-0.05, 0) is 30.2 Å². The zero-order valence-electron chi connectivity index (χ0n) is 8.70. The molecule has 0 aliphatic rings. The fraction of sp³-hybridized carbons (Fsp3) is 0.167. The van der Waals surface area contributed by atoms with E-state index in [4.69, 9.17) is 16.7 Å². The summed E-state index contributed by atoms with van der Waals surface area (Å²) in [7, 11) is 0. The lowest BCUT2D eigenvalue weighted by Gasteiger charge is -2.04. The Balaban J connectivity index is 2.71. The molecule has 0 atom stereocenters. The molecule has 0 spiro atoms. The second-order valence-electron chi connectivity index (χ2n) is 3.50. The molecule has 1 N–H and O–H groups in total. The van der Waals surface area contributed by atoms with Crippen molar-refractivity contribution in [3.05, 3.63) is 40.5 Å². The summed E-state index contributed by atoms with van der Waals surface area (Å²) < 4.78 is 0. The zero-order valence-corrected chi connectivity index (χ0v) is 9.45. The molecule has 0 aliphatic heterocycles. The van der Waals surface area contributed by atoms with E-state index >= 15 is 0 Å². The largest absolute Gasteiger partial charge is 0.477 e. The van der Waals surface area contributed by atoms with Gasteiger partial charge in [-0.25, -0.2) is 9.78 Å². The summed E-state index contributed by atoms with van der Waals surface area (Å²) in [6.07, 6.45) is 0.910. The topological polar surface area (TPSA) is 50.2 Å². The Morgan fingerprint density at radius 3 is 2.81 bits per heavy atom. The number of carboxylic acid groups (broad SMARTS) is 1. The van der Waals surface area contributed by atoms with Gasteiger partial charge < -0.3 is 5.11 Å². The minimum atomic E-state index is -1.07. The predicted octanol–water partition coefficient (Wildman–Crippen LogP) is 3.15. The van der Waals surface area contributed by atoms with Gasteiger partial charge in [0.25, 0.3) is 0 Å². The Morgan fingerprint density at radius 2 is 2.19 bits per heavy atom. The molecule has 0 amide bonds. The summed E-state index contributed by atoms with van der Waals surface area (Å²) in [5.74, 6) is -1.07. The van der Waals surface area contributed by atoms with E-state index in [1.165, 1.54) is 6.07 Å². The van der Waals surface area contributed by atoms with Crippen LogP contribution in [0, 0.1) is 0 Å². The number of hydrogen-bond acceptors (Lipinski definition) is 2. The molecule has 1 aromatic heterocycles. The van der Waals surface area contributed by atoms with E-state index < -0.39 is 5.97 Å². The number of halogens is 1. The van der Waals surface area contributed by atoms with Gasteiger partial charge in [-0.2, -0.15) is 0 Å². The maximum Gasteiger partial charge on any atom is 0.354 e. The number of rotatable bonds is 2. The van der Waals surface area contributed by atoms with Crippen molar-refractivity contribution in [3.8, 4) is 0 Å². The van der Waals surface area contributed by atoms with Crippen molar-refractivity contribution < 1.29 is 9.90 Å². The molecule has 0 saturated carbocycles. The van der Waals surface area contributed by atoms with Crippen molar-refractivity contribution in [2.75, 3.05) is 0 Å². The van der Waals surface area contributed by atoms with Gasteiger partial charge in [0, 0.05) is 5.39 Å². The molecule has 0 aliphatic carbocycles. The minimum Gasteiger partial charge on any atom is -0.477 e. The molecule has 0 unspecified atom stereocenters. The lowest BCUT2D eigenvalue weighted by molar-refractivity contribution is 0.0691. The maximum absolute atomic E-state index is 10.8. The highest BCUT2D eigenvalue weighted by Crippen LogP contribution is 2.24. The van der Waals surface area contributed by atoms with Crippen LogP contribution in [0.4, 0.5) is 0 Å². The Morgan fingerprint density at radius 1 is 1.44 bits per heavy atom. The summed E-state index contributed by atoms with van der Waals surface area (Å²) in [6, 6.07) is 7.05. The first-order valence-corrected chi connectivity index (χ1v) is 5.32. The number of fused-ring (bicyclic) bond motifs is 1. The first-order chi connectivity index (χ1) is 7.61. The van der Waals surface area contributed by atoms with Crippen molar-refractivity contribution >= 4 is 28.5 Å². The van der Waals surface area contributed by atoms with E-state index in [2.05, 4.69) is 4.98 Å². The van der Waals surface area contributed by atoms with Crippen LogP contribution in [0.5, 0.6) is 0 Å². The molecule has 2 aromatic rings. The number of aryl methyl sites for hydroxylation is 1. The summed E-state index contributed by atoms with van der Waals surface area (Å²) >= 11 is 6.03. The highest BCUT2D eigenvalue weighted by molar-refractivity contribution is 6.35. The van der Waals surface area contributed by atoms with Crippen LogP contribution in [0.1, 0.15) is 23.0 Å². The highest BCUT2D eigenvalue weighted by Gasteiger charge is 2.09. The van der Waals surface area contributed by atoms with Crippen LogP contribution in [-0.4, -0.2) is 16.1 Å². The average Bonchev–Trinajstić information content (AvgIpc) is 2.28. The van der Waals surface area contributed by atoms with Crippen LogP contribution in [0.2, 0.25) is 5.02 Å². The van der Waals surface area contributed by atoms with Crippen molar-refractivity contribution in [1.82, 2.24) is 4.98 Å². The summed E-state index contributed by atoms with van der Waals surface area (Å²) in [4.78, 5) is 14.8. The van der Waals surface area contributed by atoms with Crippen LogP contribution >= 0.6 is 11.6 Å². The molecule has 0 radical (unpaired) electrons. The van der Waals surface area contributed by atoms with E-state index in [1.54, 1.807) is 6.07 Å². The molecule has 82 valence electrons. The van der Waals surface area contributed by atoms with E-state index in [9.17, 15) is 4.79 Å². The first kappa shape index (κ1) is 10.9. The van der Waals surface area contributed by atoms with Gasteiger partial charge in [-0.1, -0.05) is 24.6 Å². The van der Waals surface area contributed by atoms with Crippen LogP contribution < -0.4 is 0 Å². The third kappa shape index (κ3) is 1.86. The van der Waals surface area contributed by atoms with Crippen LogP contribution in [0.3, 0.4) is 0 Å². The van der Waals surface area contributed by atoms with Crippen molar-refractivity contribution in [1.29, 1.82) is 0 Å². The smallest absolute Gasteiger partial charge is 0.354 e. The van der Waals surface area contributed by atoms with Crippen molar-refractivity contribution in [2.24, 2.45) is 0 Å². The summed E-state index contributed by atoms with van der Waals surface area (Å²) in [5, 5.41) is 10.1. The standard InChI is InChI=1S/C12H10ClNO2/c1-2-7-3-4-10-8(5-7)9(13)6-11(14-10)12(15)16/h3-6H,2H2,1H3,(H,15,16). The molecule has 1 aromatic carbocycles. The molecule has 0 bridgehead atoms. The van der Waals surface area contributed by atoms with E-state index in [0.717, 1.165) is 17.4 Å². The predicted molar refractivity (Wildman–Crippen MR) is 63.1 cm³/mol. The van der Waals surface area contributed by atoms with E-state index in [1.807, 2.05) is 19.1 Å². The molecule has 0 saturated heterocycles. The molecular formula is C12H10ClNO2. The lowest BCUT2D eigenvalue weighted by atomic mass is 10.1. The average molecular weight is 236 g/mol. The van der Waals surface area contributed by atoms with Gasteiger partial charge in [-0.3, -0.25) is 0 Å². The van der Waals surface area contributed by atoms with Gasteiger partial charge in [0.05, 0.1) is 10.5 Å². The lowest BCUT2D eigenvalue weighted by Crippen LogP contribution is -2.00. The van der Waals surface area contributed by atoms with Gasteiger partial charge in [0.15, 0.2) is 0 Å². The third-order valence-electron chi connectivity index (χ3n) is 2.45. The van der Waals surface area contributed by atoms with E-state index in [0.29, 0.717) is 10.5 Å². The fourth-order valence-electron chi connectivity index (χ4n) is 1.56. The van der Waals surface area contributed by atoms with Gasteiger partial charge in [0.1, 0.15) is 5.69 Å². The second-order valence-corrected chi connectivity index (χ2v) is 3.91. The number of aromatic nitrogens is 1. The van der Waals surface area contributed by atoms with Crippen LogP contribution in [-0.2, 0) is 6.42 Å². The number of benzene rings is 1. The fourth-order valence-corrected chi connectivity index (χ4v) is 1.82. The maximum atomic E-state index is 10.8. The molecule has 16 heavy (non-hydrogen) atoms. The highest BCUT2D eigenvalue weighted by atomic mass is 35.5. The Labute approximate surface area is 97.7 Å². The number of carboxylic acids is 1. The molecule has 0 fully saturated rings. The molecule has 1 heterocycles. The van der Waals surface area contributed by atoms with E-state index in [-0.39, 0.29) is 5.69 Å². The quantitative estimate of drug-likeness (QED) is 0.870. The monoisotopic (exact) mass is 235 g/mol. The van der Waals surface area contributed by atoms with Crippen LogP contribution in [0.15, 0.2) is 24.3 Å². The zero-order chi connectivity index (χ0) is 11.7. The van der Waals surface area contributed by atoms with Crippen LogP contribution in [0.25, 0.3) is 10.9 Å². The Kier molecular flexibility index (Phi) is 2.79. The molecule has 2 rings (SSSR count). The minimum absolute atomic E-state index is 0.0262. The Hall–Kier alpha value is -1.61. The number of aromatic carboxylic acids is 1. The summed E-state index contributed by atoms with van der Waals surface area (Å²) in [5.41, 5.74) is 1.74. The number of nitrogens with zero attached hydrogens (tertiary/aromatic N) is 1. The van der Waals surface area contributed by atoms with Gasteiger partial charge in [0.2, 0.25) is 0 Å². The third-order valence-corrected chi connectivity index (χ3v) is 2.76. The Bertz CT molecular complexity index is 566. The second kappa shape index (κ2) is 4.10. The normalized spacial score (nSPS) is 10.6. The van der Waals surface area contributed by atoms with Crippen molar-refractivity contribution in [2.45, 2.75) is 13.3 Å². The number of hydrogen-bond donors (Lipinski definition) is 1. The molecule has 4 heteroatoms. The number of pyridine rings is 1. The summed E-state index contributed by atoms with van der Waals surface area (Å²) in [6.45, 7) is 2.05. The van der Waals surface area contributed by atoms with Gasteiger partial charge >= 0.3 is 5.97 Å².